The van der Waals surface area contributed by atoms with E-state index in [-0.39, 0.29) is 17.1 Å². The lowest BCUT2D eigenvalue weighted by atomic mass is 9.53. The SMILES string of the molecule is CN1CC[C@]23c4c5ccc(OS(=O)(=O)O)c4O[C@H]2C(O)C=C[C@H]3[C@@H]1C5. The second-order valence-corrected chi connectivity index (χ2v) is 8.44. The number of nitrogens with zero attached hydrogens (tertiary/aromatic N) is 1. The van der Waals surface area contributed by atoms with Crippen molar-refractivity contribution in [3.8, 4) is 11.5 Å². The number of piperidine rings is 1. The Morgan fingerprint density at radius 1 is 1.36 bits per heavy atom. The first-order valence-electron chi connectivity index (χ1n) is 8.38. The van der Waals surface area contributed by atoms with E-state index in [0.29, 0.717) is 11.8 Å². The zero-order valence-corrected chi connectivity index (χ0v) is 14.4. The number of hydrogen-bond donors (Lipinski definition) is 2. The molecule has 1 aromatic carbocycles. The summed E-state index contributed by atoms with van der Waals surface area (Å²) >= 11 is 0. The third-order valence-electron chi connectivity index (χ3n) is 6.33. The van der Waals surface area contributed by atoms with Gasteiger partial charge in [-0.2, -0.15) is 8.42 Å². The molecule has 2 aliphatic heterocycles. The Balaban J connectivity index is 1.76. The van der Waals surface area contributed by atoms with Crippen molar-refractivity contribution < 1.29 is 27.0 Å². The first-order valence-corrected chi connectivity index (χ1v) is 9.74. The van der Waals surface area contributed by atoms with Gasteiger partial charge >= 0.3 is 10.4 Å². The smallest absolute Gasteiger partial charge is 0.446 e. The van der Waals surface area contributed by atoms with Crippen molar-refractivity contribution in [1.29, 1.82) is 0 Å². The number of hydrogen-bond acceptors (Lipinski definition) is 6. The summed E-state index contributed by atoms with van der Waals surface area (Å²) in [6.07, 6.45) is 4.26. The highest BCUT2D eigenvalue weighted by Crippen LogP contribution is 2.62. The lowest BCUT2D eigenvalue weighted by Crippen LogP contribution is -2.64. The monoisotopic (exact) mass is 365 g/mol. The van der Waals surface area contributed by atoms with Gasteiger partial charge in [0.2, 0.25) is 0 Å². The molecule has 1 fully saturated rings. The summed E-state index contributed by atoms with van der Waals surface area (Å²) in [6.45, 7) is 0.879. The second-order valence-electron chi connectivity index (χ2n) is 7.42. The number of ether oxygens (including phenoxy) is 1. The minimum absolute atomic E-state index is 0.0200. The lowest BCUT2D eigenvalue weighted by molar-refractivity contribution is -0.0452. The molecule has 8 heteroatoms. The largest absolute Gasteiger partial charge is 0.482 e. The number of likely N-dealkylation sites (tertiary alicyclic amines) is 1. The molecule has 5 rings (SSSR count). The van der Waals surface area contributed by atoms with E-state index < -0.39 is 22.6 Å². The average molecular weight is 365 g/mol. The molecule has 0 amide bonds. The third kappa shape index (κ3) is 1.93. The molecule has 25 heavy (non-hydrogen) atoms. The van der Waals surface area contributed by atoms with Gasteiger partial charge < -0.3 is 18.9 Å². The Bertz CT molecular complexity index is 897. The van der Waals surface area contributed by atoms with Gasteiger partial charge in [0, 0.05) is 22.9 Å². The lowest BCUT2D eigenvalue weighted by Gasteiger charge is -2.56. The van der Waals surface area contributed by atoms with E-state index in [2.05, 4.69) is 18.0 Å². The fourth-order valence-corrected chi connectivity index (χ4v) is 5.77. The summed E-state index contributed by atoms with van der Waals surface area (Å²) < 4.78 is 42.3. The summed E-state index contributed by atoms with van der Waals surface area (Å²) in [5.74, 6) is 0.513. The first kappa shape index (κ1) is 15.6. The number of likely N-dealkylation sites (N-methyl/N-ethyl adjacent to an activating group) is 1. The van der Waals surface area contributed by atoms with Crippen LogP contribution in [0.3, 0.4) is 0 Å². The third-order valence-corrected chi connectivity index (χ3v) is 6.72. The predicted molar refractivity (Wildman–Crippen MR) is 88.1 cm³/mol. The van der Waals surface area contributed by atoms with Crippen molar-refractivity contribution in [3.05, 3.63) is 35.4 Å². The van der Waals surface area contributed by atoms with Gasteiger partial charge in [-0.05, 0) is 38.1 Å². The standard InChI is InChI=1S/C17H19NO6S/c1-18-7-6-17-10-3-4-12(19)16(17)23-15-13(24-25(20,21)22)5-2-9(14(15)17)8-11(10)18/h2-5,10-12,16,19H,6-8H2,1H3,(H,20,21,22)/t10-,11-,12?,16-,17-/m0/s1. The number of benzene rings is 1. The van der Waals surface area contributed by atoms with Crippen LogP contribution in [0, 0.1) is 5.92 Å². The van der Waals surface area contributed by atoms with Crippen LogP contribution in [0.4, 0.5) is 0 Å². The Morgan fingerprint density at radius 2 is 2.16 bits per heavy atom. The molecule has 2 aliphatic carbocycles. The van der Waals surface area contributed by atoms with Crippen molar-refractivity contribution in [3.63, 3.8) is 0 Å². The maximum atomic E-state index is 11.2. The molecule has 4 aliphatic rings. The van der Waals surface area contributed by atoms with Gasteiger partial charge in [0.25, 0.3) is 0 Å². The molecular formula is C17H19NO6S. The van der Waals surface area contributed by atoms with Crippen molar-refractivity contribution in [2.24, 2.45) is 5.92 Å². The van der Waals surface area contributed by atoms with E-state index >= 15 is 0 Å². The summed E-state index contributed by atoms with van der Waals surface area (Å²) in [4.78, 5) is 2.35. The molecular weight excluding hydrogens is 346 g/mol. The first-order chi connectivity index (χ1) is 11.8. The normalized spacial score (nSPS) is 38.2. The van der Waals surface area contributed by atoms with E-state index in [1.54, 1.807) is 6.08 Å². The zero-order valence-electron chi connectivity index (χ0n) is 13.6. The van der Waals surface area contributed by atoms with Crippen molar-refractivity contribution in [2.45, 2.75) is 36.5 Å². The van der Waals surface area contributed by atoms with Gasteiger partial charge in [-0.1, -0.05) is 18.2 Å². The van der Waals surface area contributed by atoms with E-state index in [1.807, 2.05) is 6.07 Å². The zero-order chi connectivity index (χ0) is 17.6. The van der Waals surface area contributed by atoms with Gasteiger partial charge in [-0.15, -0.1) is 0 Å². The number of rotatable bonds is 2. The van der Waals surface area contributed by atoms with Crippen molar-refractivity contribution >= 4 is 10.4 Å². The maximum Gasteiger partial charge on any atom is 0.446 e. The quantitative estimate of drug-likeness (QED) is 0.587. The van der Waals surface area contributed by atoms with E-state index in [4.69, 9.17) is 13.5 Å². The minimum atomic E-state index is -4.65. The topological polar surface area (TPSA) is 96.3 Å². The molecule has 0 aromatic heterocycles. The molecule has 1 aromatic rings. The molecule has 1 spiro atoms. The molecule has 134 valence electrons. The van der Waals surface area contributed by atoms with Crippen molar-refractivity contribution in [2.75, 3.05) is 13.6 Å². The summed E-state index contributed by atoms with van der Waals surface area (Å²) in [7, 11) is -2.54. The highest BCUT2D eigenvalue weighted by molar-refractivity contribution is 7.81. The van der Waals surface area contributed by atoms with Gasteiger partial charge in [0.15, 0.2) is 11.5 Å². The highest BCUT2D eigenvalue weighted by atomic mass is 32.3. The van der Waals surface area contributed by atoms with Crippen LogP contribution in [0.25, 0.3) is 0 Å². The van der Waals surface area contributed by atoms with Gasteiger partial charge in [-0.25, -0.2) is 0 Å². The molecule has 2 heterocycles. The molecule has 1 unspecified atom stereocenters. The molecule has 2 bridgehead atoms. The van der Waals surface area contributed by atoms with Crippen LogP contribution < -0.4 is 8.92 Å². The van der Waals surface area contributed by atoms with E-state index in [0.717, 1.165) is 30.5 Å². The predicted octanol–water partition coefficient (Wildman–Crippen LogP) is 0.674. The van der Waals surface area contributed by atoms with E-state index in [9.17, 15) is 13.5 Å². The second kappa shape index (κ2) is 4.76. The van der Waals surface area contributed by atoms with Crippen LogP contribution in [0.1, 0.15) is 17.5 Å². The van der Waals surface area contributed by atoms with Crippen LogP contribution in [0.5, 0.6) is 11.5 Å². The van der Waals surface area contributed by atoms with Crippen LogP contribution in [-0.2, 0) is 22.2 Å². The molecule has 1 saturated heterocycles. The van der Waals surface area contributed by atoms with Crippen LogP contribution in [-0.4, -0.2) is 54.8 Å². The van der Waals surface area contributed by atoms with Crippen LogP contribution in [0.15, 0.2) is 24.3 Å². The fourth-order valence-electron chi connectivity index (χ4n) is 5.41. The van der Waals surface area contributed by atoms with E-state index in [1.165, 1.54) is 6.07 Å². The average Bonchev–Trinajstić information content (AvgIpc) is 2.88. The Hall–Kier alpha value is -1.61. The molecule has 0 radical (unpaired) electrons. The number of aliphatic hydroxyl groups is 1. The fraction of sp³-hybridized carbons (Fsp3) is 0.529. The van der Waals surface area contributed by atoms with Crippen molar-refractivity contribution in [1.82, 2.24) is 4.90 Å². The summed E-state index contributed by atoms with van der Waals surface area (Å²) in [5.41, 5.74) is 1.65. The molecule has 5 atom stereocenters. The minimum Gasteiger partial charge on any atom is -0.482 e. The Kier molecular flexibility index (Phi) is 2.98. The highest BCUT2D eigenvalue weighted by Gasteiger charge is 2.64. The van der Waals surface area contributed by atoms with Crippen LogP contribution in [0.2, 0.25) is 0 Å². The van der Waals surface area contributed by atoms with Gasteiger partial charge in [-0.3, -0.25) is 4.55 Å². The Morgan fingerprint density at radius 3 is 2.92 bits per heavy atom. The maximum absolute atomic E-state index is 11.2. The summed E-state index contributed by atoms with van der Waals surface area (Å²) in [6, 6.07) is 3.68. The van der Waals surface area contributed by atoms with Gasteiger partial charge in [0.05, 0.1) is 0 Å². The molecule has 2 N–H and O–H groups in total. The van der Waals surface area contributed by atoms with Gasteiger partial charge in [0.1, 0.15) is 12.2 Å². The Labute approximate surface area is 145 Å². The number of aliphatic hydroxyl groups excluding tert-OH is 1. The molecule has 0 saturated carbocycles. The van der Waals surface area contributed by atoms with Crippen LogP contribution >= 0.6 is 0 Å². The summed E-state index contributed by atoms with van der Waals surface area (Å²) in [5, 5.41) is 10.5. The molecule has 7 nitrogen and oxygen atoms in total.